The summed E-state index contributed by atoms with van der Waals surface area (Å²) in [6, 6.07) is 0. The van der Waals surface area contributed by atoms with Crippen LogP contribution in [0.5, 0.6) is 0 Å². The van der Waals surface area contributed by atoms with Crippen molar-refractivity contribution in [1.29, 1.82) is 0 Å². The third-order valence-electron chi connectivity index (χ3n) is 9.47. The summed E-state index contributed by atoms with van der Waals surface area (Å²) in [6.07, 6.45) is 9.65. The molecule has 4 aliphatic rings. The first-order valence-corrected chi connectivity index (χ1v) is 13.1. The van der Waals surface area contributed by atoms with Gasteiger partial charge in [-0.25, -0.2) is 8.78 Å². The average molecular weight is 464 g/mol. The lowest BCUT2D eigenvalue weighted by Crippen LogP contribution is -2.44. The van der Waals surface area contributed by atoms with Gasteiger partial charge in [0.15, 0.2) is 0 Å². The van der Waals surface area contributed by atoms with Crippen LogP contribution in [0.1, 0.15) is 71.6 Å². The van der Waals surface area contributed by atoms with E-state index in [2.05, 4.69) is 37.5 Å². The monoisotopic (exact) mass is 463 g/mol. The maximum Gasteiger partial charge on any atom is 0.242 e. The zero-order valence-electron chi connectivity index (χ0n) is 20.5. The molecule has 186 valence electrons. The molecular weight excluding hydrogens is 420 g/mol. The lowest BCUT2D eigenvalue weighted by atomic mass is 9.61. The molecule has 1 heterocycles. The summed E-state index contributed by atoms with van der Waals surface area (Å²) in [5.41, 5.74) is 3.44. The smallest absolute Gasteiger partial charge is 0.242 e. The lowest BCUT2D eigenvalue weighted by Gasteiger charge is -2.45. The van der Waals surface area contributed by atoms with E-state index in [-0.39, 0.29) is 5.41 Å². The predicted octanol–water partition coefficient (Wildman–Crippen LogP) is 5.74. The highest BCUT2D eigenvalue weighted by atomic mass is 19.3. The highest BCUT2D eigenvalue weighted by Crippen LogP contribution is 2.59. The van der Waals surface area contributed by atoms with E-state index in [1.807, 2.05) is 0 Å². The van der Waals surface area contributed by atoms with Gasteiger partial charge < -0.3 is 15.1 Å². The largest absolute Gasteiger partial charge is 0.388 e. The molecular formula is C28H43F2NO2. The fourth-order valence-corrected chi connectivity index (χ4v) is 7.64. The molecule has 1 unspecified atom stereocenters. The van der Waals surface area contributed by atoms with Crippen LogP contribution in [0.15, 0.2) is 35.5 Å². The number of fused-ring (bicyclic) bond motifs is 1. The molecule has 1 saturated heterocycles. The Labute approximate surface area is 198 Å². The molecule has 3 aliphatic carbocycles. The van der Waals surface area contributed by atoms with Gasteiger partial charge in [0.2, 0.25) is 6.43 Å². The van der Waals surface area contributed by atoms with Crippen molar-refractivity contribution in [2.45, 2.75) is 90.3 Å². The van der Waals surface area contributed by atoms with Gasteiger partial charge >= 0.3 is 0 Å². The third-order valence-corrected chi connectivity index (χ3v) is 9.47. The molecule has 0 aromatic heterocycles. The first-order chi connectivity index (χ1) is 15.7. The van der Waals surface area contributed by atoms with E-state index < -0.39 is 24.6 Å². The molecule has 0 amide bonds. The van der Waals surface area contributed by atoms with E-state index in [1.165, 1.54) is 31.3 Å². The molecule has 0 aromatic carbocycles. The Hall–Kier alpha value is -1.04. The molecule has 0 radical (unpaired) electrons. The fraction of sp³-hybridized carbons (Fsp3) is 0.786. The summed E-state index contributed by atoms with van der Waals surface area (Å²) in [6.45, 7) is 11.1. The van der Waals surface area contributed by atoms with Gasteiger partial charge in [-0.05, 0) is 93.1 Å². The maximum absolute atomic E-state index is 13.3. The van der Waals surface area contributed by atoms with Gasteiger partial charge in [0.05, 0.1) is 12.2 Å². The summed E-state index contributed by atoms with van der Waals surface area (Å²) < 4.78 is 26.5. The average Bonchev–Trinajstić information content (AvgIpc) is 3.13. The summed E-state index contributed by atoms with van der Waals surface area (Å²) in [7, 11) is 0. The molecule has 33 heavy (non-hydrogen) atoms. The SMILES string of the molecule is C=C1C(O)CC(=C/C=C2\CCC[C@]3(C)[C@@H]([C@H](C)CN4CCC[C@H](C(F)F)C4)CC[C@@H]23)C[C@H]1O. The van der Waals surface area contributed by atoms with Gasteiger partial charge in [0.25, 0.3) is 0 Å². The minimum Gasteiger partial charge on any atom is -0.388 e. The standard InChI is InChI=1S/C28H43F2NO2/c1-18(16-31-13-5-7-22(17-31)27(29)30)23-10-11-24-21(6-4-12-28(23,24)3)9-8-20-14-25(32)19(2)26(33)15-20/h8-9,18,22-27,32-33H,2,4-7,10-17H2,1,3H3/b20-8?,21-9+/t18-,22+,23-,24+,25-,26?,28-/m1/s1. The summed E-state index contributed by atoms with van der Waals surface area (Å²) >= 11 is 0. The topological polar surface area (TPSA) is 43.7 Å². The van der Waals surface area contributed by atoms with Crippen LogP contribution >= 0.6 is 0 Å². The Morgan fingerprint density at radius 1 is 1.12 bits per heavy atom. The molecule has 7 atom stereocenters. The van der Waals surface area contributed by atoms with Crippen LogP contribution in [0, 0.1) is 29.1 Å². The molecule has 4 fully saturated rings. The number of aliphatic hydroxyl groups excluding tert-OH is 2. The molecule has 4 rings (SSSR count). The van der Waals surface area contributed by atoms with Crippen LogP contribution in [-0.4, -0.2) is 53.4 Å². The van der Waals surface area contributed by atoms with E-state index in [4.69, 9.17) is 0 Å². The predicted molar refractivity (Wildman–Crippen MR) is 129 cm³/mol. The number of hydrogen-bond acceptors (Lipinski definition) is 3. The van der Waals surface area contributed by atoms with Crippen molar-refractivity contribution < 1.29 is 19.0 Å². The van der Waals surface area contributed by atoms with E-state index in [9.17, 15) is 19.0 Å². The molecule has 1 aliphatic heterocycles. The van der Waals surface area contributed by atoms with E-state index in [0.29, 0.717) is 49.1 Å². The third kappa shape index (κ3) is 5.31. The number of halogens is 2. The Morgan fingerprint density at radius 3 is 2.55 bits per heavy atom. The lowest BCUT2D eigenvalue weighted by molar-refractivity contribution is 0.0132. The number of allylic oxidation sites excluding steroid dienone is 3. The summed E-state index contributed by atoms with van der Waals surface area (Å²) in [5, 5.41) is 20.3. The van der Waals surface area contributed by atoms with Crippen LogP contribution in [0.2, 0.25) is 0 Å². The molecule has 0 bridgehead atoms. The van der Waals surface area contributed by atoms with E-state index in [0.717, 1.165) is 31.5 Å². The zero-order chi connectivity index (χ0) is 23.8. The van der Waals surface area contributed by atoms with Crippen LogP contribution in [0.4, 0.5) is 8.78 Å². The normalized spacial score (nSPS) is 41.7. The van der Waals surface area contributed by atoms with Crippen LogP contribution in [-0.2, 0) is 0 Å². The van der Waals surface area contributed by atoms with Gasteiger partial charge in [-0.1, -0.05) is 43.7 Å². The van der Waals surface area contributed by atoms with Crippen molar-refractivity contribution in [2.75, 3.05) is 19.6 Å². The van der Waals surface area contributed by atoms with Crippen LogP contribution in [0.25, 0.3) is 0 Å². The number of rotatable bonds is 5. The van der Waals surface area contributed by atoms with Crippen molar-refractivity contribution in [2.24, 2.45) is 29.1 Å². The van der Waals surface area contributed by atoms with Crippen molar-refractivity contribution in [3.8, 4) is 0 Å². The van der Waals surface area contributed by atoms with Gasteiger partial charge in [-0.15, -0.1) is 0 Å². The molecule has 5 heteroatoms. The molecule has 0 aromatic rings. The highest BCUT2D eigenvalue weighted by Gasteiger charge is 2.50. The Bertz CT molecular complexity index is 762. The van der Waals surface area contributed by atoms with Crippen molar-refractivity contribution in [3.63, 3.8) is 0 Å². The first-order valence-electron chi connectivity index (χ1n) is 13.1. The van der Waals surface area contributed by atoms with Crippen LogP contribution in [0.3, 0.4) is 0 Å². The van der Waals surface area contributed by atoms with Gasteiger partial charge in [0.1, 0.15) is 0 Å². The fourth-order valence-electron chi connectivity index (χ4n) is 7.64. The number of alkyl halides is 2. The minimum absolute atomic E-state index is 0.278. The second-order valence-electron chi connectivity index (χ2n) is 11.7. The number of nitrogens with zero attached hydrogens (tertiary/aromatic N) is 1. The second kappa shape index (κ2) is 10.3. The van der Waals surface area contributed by atoms with Gasteiger partial charge in [0, 0.05) is 19.0 Å². The van der Waals surface area contributed by atoms with Crippen LogP contribution < -0.4 is 0 Å². The van der Waals surface area contributed by atoms with Gasteiger partial charge in [-0.3, -0.25) is 0 Å². The van der Waals surface area contributed by atoms with E-state index in [1.54, 1.807) is 0 Å². The number of hydrogen-bond donors (Lipinski definition) is 2. The Kier molecular flexibility index (Phi) is 7.82. The number of aliphatic hydroxyl groups is 2. The molecule has 3 nitrogen and oxygen atoms in total. The highest BCUT2D eigenvalue weighted by molar-refractivity contribution is 5.29. The maximum atomic E-state index is 13.3. The number of piperidine rings is 1. The minimum atomic E-state index is -2.19. The quantitative estimate of drug-likeness (QED) is 0.511. The van der Waals surface area contributed by atoms with E-state index >= 15 is 0 Å². The zero-order valence-corrected chi connectivity index (χ0v) is 20.5. The molecule has 3 saturated carbocycles. The van der Waals surface area contributed by atoms with Crippen molar-refractivity contribution in [1.82, 2.24) is 4.90 Å². The number of likely N-dealkylation sites (tertiary alicyclic amines) is 1. The summed E-state index contributed by atoms with van der Waals surface area (Å²) in [5.74, 6) is 1.28. The van der Waals surface area contributed by atoms with Crippen molar-refractivity contribution in [3.05, 3.63) is 35.5 Å². The first kappa shape index (κ1) is 25.1. The molecule has 0 spiro atoms. The molecule has 2 N–H and O–H groups in total. The Morgan fingerprint density at radius 2 is 1.85 bits per heavy atom. The second-order valence-corrected chi connectivity index (χ2v) is 11.7. The summed E-state index contributed by atoms with van der Waals surface area (Å²) in [4.78, 5) is 2.30. The van der Waals surface area contributed by atoms with Crippen molar-refractivity contribution >= 4 is 0 Å². The van der Waals surface area contributed by atoms with Gasteiger partial charge in [-0.2, -0.15) is 0 Å². The Balaban J connectivity index is 1.42.